The molecule has 6 nitrogen and oxygen atoms in total. The summed E-state index contributed by atoms with van der Waals surface area (Å²) in [5.41, 5.74) is -0.595. The SMILES string of the molecule is O=[N+]([O-])c1cc([N-]S(=O)(=O)c2ccc(F)cc2)ccc1Cl. The van der Waals surface area contributed by atoms with E-state index in [-0.39, 0.29) is 15.6 Å². The van der Waals surface area contributed by atoms with Gasteiger partial charge < -0.3 is 4.72 Å². The van der Waals surface area contributed by atoms with E-state index in [1.807, 2.05) is 0 Å². The highest BCUT2D eigenvalue weighted by molar-refractivity contribution is 7.94. The van der Waals surface area contributed by atoms with Crippen molar-refractivity contribution in [2.75, 3.05) is 0 Å². The lowest BCUT2D eigenvalue weighted by molar-refractivity contribution is -0.384. The van der Waals surface area contributed by atoms with Crippen LogP contribution in [0.4, 0.5) is 15.8 Å². The molecule has 0 saturated heterocycles. The average Bonchev–Trinajstić information content (AvgIpc) is 2.41. The Morgan fingerprint density at radius 2 is 1.76 bits per heavy atom. The van der Waals surface area contributed by atoms with Crippen molar-refractivity contribution in [2.45, 2.75) is 4.90 Å². The molecule has 9 heteroatoms. The summed E-state index contributed by atoms with van der Waals surface area (Å²) in [7, 11) is -4.09. The largest absolute Gasteiger partial charge is 0.573 e. The van der Waals surface area contributed by atoms with E-state index >= 15 is 0 Å². The highest BCUT2D eigenvalue weighted by Gasteiger charge is 2.12. The van der Waals surface area contributed by atoms with Crippen molar-refractivity contribution in [3.63, 3.8) is 0 Å². The molecule has 0 atom stereocenters. The standard InChI is InChI=1S/C12H7ClFN2O4S/c13-11-6-3-9(7-12(11)16(17)18)15-21(19,20)10-4-1-8(14)2-5-10/h1-7H/q-1. The van der Waals surface area contributed by atoms with Crippen molar-refractivity contribution in [3.05, 3.63) is 68.1 Å². The number of sulfonamides is 1. The number of hydrogen-bond acceptors (Lipinski definition) is 4. The van der Waals surface area contributed by atoms with Gasteiger partial charge in [-0.2, -0.15) is 0 Å². The van der Waals surface area contributed by atoms with Crippen LogP contribution in [0.3, 0.4) is 0 Å². The first kappa shape index (κ1) is 15.2. The lowest BCUT2D eigenvalue weighted by Gasteiger charge is -2.21. The molecule has 0 aliphatic carbocycles. The maximum absolute atomic E-state index is 12.8. The van der Waals surface area contributed by atoms with Crippen molar-refractivity contribution in [1.82, 2.24) is 0 Å². The second-order valence-electron chi connectivity index (χ2n) is 3.91. The van der Waals surface area contributed by atoms with Crippen LogP contribution in [0, 0.1) is 15.9 Å². The van der Waals surface area contributed by atoms with Crippen molar-refractivity contribution in [1.29, 1.82) is 0 Å². The zero-order chi connectivity index (χ0) is 15.6. The molecule has 0 N–H and O–H groups in total. The molecular weight excluding hydrogens is 323 g/mol. The Labute approximate surface area is 124 Å². The van der Waals surface area contributed by atoms with Crippen LogP contribution in [-0.4, -0.2) is 13.3 Å². The van der Waals surface area contributed by atoms with Crippen molar-refractivity contribution >= 4 is 33.0 Å². The Hall–Kier alpha value is -2.19. The molecule has 0 aliphatic rings. The quantitative estimate of drug-likeness (QED) is 0.630. The molecular formula is C12H7ClFN2O4S-. The summed E-state index contributed by atoms with van der Waals surface area (Å²) >= 11 is 5.62. The normalized spacial score (nSPS) is 11.1. The van der Waals surface area contributed by atoms with Gasteiger partial charge in [0.15, 0.2) is 0 Å². The van der Waals surface area contributed by atoms with E-state index in [1.165, 1.54) is 12.1 Å². The molecule has 2 rings (SSSR count). The van der Waals surface area contributed by atoms with Crippen molar-refractivity contribution < 1.29 is 17.7 Å². The van der Waals surface area contributed by atoms with Gasteiger partial charge in [-0.1, -0.05) is 17.7 Å². The molecule has 0 spiro atoms. The van der Waals surface area contributed by atoms with Gasteiger partial charge in [0.1, 0.15) is 20.9 Å². The third-order valence-corrected chi connectivity index (χ3v) is 4.10. The Balaban J connectivity index is 2.35. The molecule has 0 radical (unpaired) electrons. The van der Waals surface area contributed by atoms with Gasteiger partial charge >= 0.3 is 0 Å². The summed E-state index contributed by atoms with van der Waals surface area (Å²) in [4.78, 5) is 9.77. The number of nitro benzene ring substituents is 1. The maximum atomic E-state index is 12.8. The van der Waals surface area contributed by atoms with E-state index in [4.69, 9.17) is 11.6 Å². The first-order chi connectivity index (χ1) is 9.79. The van der Waals surface area contributed by atoms with Crippen LogP contribution in [-0.2, 0) is 10.0 Å². The van der Waals surface area contributed by atoms with Crippen molar-refractivity contribution in [2.24, 2.45) is 0 Å². The topological polar surface area (TPSA) is 91.4 Å². The van der Waals surface area contributed by atoms with Gasteiger partial charge in [-0.3, -0.25) is 10.1 Å². The van der Waals surface area contributed by atoms with Crippen LogP contribution < -0.4 is 0 Å². The Bertz CT molecular complexity index is 793. The number of halogens is 2. The lowest BCUT2D eigenvalue weighted by Crippen LogP contribution is -1.98. The number of rotatable bonds is 4. The molecule has 110 valence electrons. The molecule has 0 amide bonds. The zero-order valence-electron chi connectivity index (χ0n) is 10.2. The van der Waals surface area contributed by atoms with Gasteiger partial charge in [0.25, 0.3) is 5.69 Å². The van der Waals surface area contributed by atoms with Gasteiger partial charge in [0.2, 0.25) is 0 Å². The minimum Gasteiger partial charge on any atom is -0.573 e. The molecule has 0 unspecified atom stereocenters. The second-order valence-corrected chi connectivity index (χ2v) is 5.92. The monoisotopic (exact) mass is 329 g/mol. The zero-order valence-corrected chi connectivity index (χ0v) is 11.8. The van der Waals surface area contributed by atoms with Crippen molar-refractivity contribution in [3.8, 4) is 0 Å². The van der Waals surface area contributed by atoms with E-state index in [9.17, 15) is 22.9 Å². The first-order valence-corrected chi connectivity index (χ1v) is 7.29. The fraction of sp³-hybridized carbons (Fsp3) is 0. The van der Waals surface area contributed by atoms with E-state index < -0.39 is 26.5 Å². The van der Waals surface area contributed by atoms with E-state index in [2.05, 4.69) is 4.72 Å². The average molecular weight is 330 g/mol. The lowest BCUT2D eigenvalue weighted by atomic mass is 10.3. The Morgan fingerprint density at radius 3 is 2.33 bits per heavy atom. The molecule has 0 bridgehead atoms. The molecule has 0 fully saturated rings. The predicted octanol–water partition coefficient (Wildman–Crippen LogP) is 3.78. The number of nitrogens with zero attached hydrogens (tertiary/aromatic N) is 2. The third-order valence-electron chi connectivity index (χ3n) is 2.46. The van der Waals surface area contributed by atoms with Crippen LogP contribution >= 0.6 is 11.6 Å². The smallest absolute Gasteiger partial charge is 0.286 e. The number of nitro groups is 1. The summed E-state index contributed by atoms with van der Waals surface area (Å²) in [6.07, 6.45) is 0. The van der Waals surface area contributed by atoms with Gasteiger partial charge in [0.05, 0.1) is 9.82 Å². The maximum Gasteiger partial charge on any atom is 0.286 e. The van der Waals surface area contributed by atoms with Crippen LogP contribution in [0.2, 0.25) is 5.02 Å². The minimum atomic E-state index is -4.09. The number of hydrogen-bond donors (Lipinski definition) is 0. The summed E-state index contributed by atoms with van der Waals surface area (Å²) in [6.45, 7) is 0. The molecule has 0 heterocycles. The van der Waals surface area contributed by atoms with Gasteiger partial charge in [-0.05, 0) is 30.3 Å². The fourth-order valence-corrected chi connectivity index (χ4v) is 2.66. The minimum absolute atomic E-state index is 0.127. The summed E-state index contributed by atoms with van der Waals surface area (Å²) in [5, 5.41) is 10.6. The van der Waals surface area contributed by atoms with Crippen LogP contribution in [0.1, 0.15) is 0 Å². The molecule has 0 aromatic heterocycles. The Kier molecular flexibility index (Phi) is 4.10. The first-order valence-electron chi connectivity index (χ1n) is 5.47. The van der Waals surface area contributed by atoms with Gasteiger partial charge in [-0.15, -0.1) is 5.69 Å². The van der Waals surface area contributed by atoms with E-state index in [0.29, 0.717) is 0 Å². The summed E-state index contributed by atoms with van der Waals surface area (Å²) in [5.74, 6) is -0.587. The van der Waals surface area contributed by atoms with E-state index in [0.717, 1.165) is 30.3 Å². The van der Waals surface area contributed by atoms with Crippen LogP contribution in [0.15, 0.2) is 47.4 Å². The van der Waals surface area contributed by atoms with E-state index in [1.54, 1.807) is 0 Å². The second kappa shape index (κ2) is 5.66. The van der Waals surface area contributed by atoms with Gasteiger partial charge in [0, 0.05) is 6.07 Å². The summed E-state index contributed by atoms with van der Waals surface area (Å²) < 4.78 is 40.2. The highest BCUT2D eigenvalue weighted by Crippen LogP contribution is 2.34. The molecule has 2 aromatic carbocycles. The molecule has 0 saturated carbocycles. The number of benzene rings is 2. The third kappa shape index (κ3) is 3.47. The molecule has 2 aromatic rings. The van der Waals surface area contributed by atoms with Crippen LogP contribution in [0.25, 0.3) is 4.72 Å². The fourth-order valence-electron chi connectivity index (χ4n) is 1.50. The predicted molar refractivity (Wildman–Crippen MR) is 74.7 cm³/mol. The molecule has 21 heavy (non-hydrogen) atoms. The van der Waals surface area contributed by atoms with Crippen LogP contribution in [0.5, 0.6) is 0 Å². The van der Waals surface area contributed by atoms with Gasteiger partial charge in [-0.25, -0.2) is 12.8 Å². The Morgan fingerprint density at radius 1 is 1.14 bits per heavy atom. The molecule has 0 aliphatic heterocycles. The highest BCUT2D eigenvalue weighted by atomic mass is 35.5. The summed E-state index contributed by atoms with van der Waals surface area (Å²) in [6, 6.07) is 7.43.